The first-order valence-corrected chi connectivity index (χ1v) is 7.14. The fourth-order valence-electron chi connectivity index (χ4n) is 1.95. The molecule has 1 N–H and O–H groups in total. The second kappa shape index (κ2) is 7.68. The maximum absolute atomic E-state index is 12.5. The Morgan fingerprint density at radius 3 is 2.25 bits per heavy atom. The number of halogens is 3. The first-order valence-electron chi connectivity index (χ1n) is 7.14. The van der Waals surface area contributed by atoms with Gasteiger partial charge in [-0.15, -0.1) is 0 Å². The summed E-state index contributed by atoms with van der Waals surface area (Å²) in [5.74, 6) is 0.401. The topological polar surface area (TPSA) is 38.3 Å². The van der Waals surface area contributed by atoms with Crippen LogP contribution in [-0.4, -0.2) is 13.0 Å². The number of carbonyl (C=O) groups is 1. The number of carbonyl (C=O) groups excluding carboxylic acids is 1. The summed E-state index contributed by atoms with van der Waals surface area (Å²) in [4.78, 5) is 11.7. The summed E-state index contributed by atoms with van der Waals surface area (Å²) >= 11 is 0. The fourth-order valence-corrected chi connectivity index (χ4v) is 1.95. The van der Waals surface area contributed by atoms with Gasteiger partial charge in [0.1, 0.15) is 5.75 Å². The van der Waals surface area contributed by atoms with Gasteiger partial charge in [-0.1, -0.05) is 24.3 Å². The molecule has 0 aliphatic heterocycles. The third-order valence-electron chi connectivity index (χ3n) is 3.29. The van der Waals surface area contributed by atoms with Crippen molar-refractivity contribution in [3.05, 3.63) is 71.3 Å². The Labute approximate surface area is 137 Å². The van der Waals surface area contributed by atoms with Gasteiger partial charge in [-0.3, -0.25) is 4.79 Å². The summed E-state index contributed by atoms with van der Waals surface area (Å²) in [5.41, 5.74) is 0.707. The molecule has 0 radical (unpaired) electrons. The molecule has 0 aliphatic rings. The van der Waals surface area contributed by atoms with Crippen LogP contribution in [0.3, 0.4) is 0 Å². The minimum Gasteiger partial charge on any atom is -0.497 e. The molecule has 0 saturated heterocycles. The summed E-state index contributed by atoms with van der Waals surface area (Å²) in [6.45, 7) is 0.347. The highest BCUT2D eigenvalue weighted by Crippen LogP contribution is 2.29. The highest BCUT2D eigenvalue weighted by molar-refractivity contribution is 5.91. The Balaban J connectivity index is 1.88. The van der Waals surface area contributed by atoms with E-state index in [1.807, 2.05) is 12.1 Å². The number of hydrogen-bond donors (Lipinski definition) is 1. The number of ether oxygens (including phenoxy) is 1. The highest BCUT2D eigenvalue weighted by Gasteiger charge is 2.29. The maximum Gasteiger partial charge on any atom is 0.416 e. The minimum absolute atomic E-state index is 0.328. The Hall–Kier alpha value is -2.76. The molecule has 2 aromatic rings. The lowest BCUT2D eigenvalue weighted by Crippen LogP contribution is -2.20. The van der Waals surface area contributed by atoms with Crippen molar-refractivity contribution in [1.82, 2.24) is 5.32 Å². The van der Waals surface area contributed by atoms with E-state index in [1.54, 1.807) is 19.2 Å². The first-order chi connectivity index (χ1) is 11.4. The van der Waals surface area contributed by atoms with Crippen LogP contribution in [0.2, 0.25) is 0 Å². The lowest BCUT2D eigenvalue weighted by molar-refractivity contribution is -0.137. The van der Waals surface area contributed by atoms with Gasteiger partial charge < -0.3 is 10.1 Å². The number of benzene rings is 2. The summed E-state index contributed by atoms with van der Waals surface area (Å²) < 4.78 is 42.4. The molecule has 0 aliphatic carbocycles. The van der Waals surface area contributed by atoms with Gasteiger partial charge in [0.15, 0.2) is 0 Å². The SMILES string of the molecule is COc1ccc(CNC(=O)/C=C/c2ccc(C(F)(F)F)cc2)cc1. The number of hydrogen-bond acceptors (Lipinski definition) is 2. The Bertz CT molecular complexity index is 705. The van der Waals surface area contributed by atoms with Gasteiger partial charge in [0.05, 0.1) is 12.7 Å². The lowest BCUT2D eigenvalue weighted by atomic mass is 10.1. The Kier molecular flexibility index (Phi) is 5.63. The number of methoxy groups -OCH3 is 1. The van der Waals surface area contributed by atoms with Crippen molar-refractivity contribution < 1.29 is 22.7 Å². The second-order valence-electron chi connectivity index (χ2n) is 5.02. The largest absolute Gasteiger partial charge is 0.497 e. The molecule has 0 unspecified atom stereocenters. The van der Waals surface area contributed by atoms with Crippen LogP contribution in [0.15, 0.2) is 54.6 Å². The number of amides is 1. The van der Waals surface area contributed by atoms with E-state index in [1.165, 1.54) is 24.3 Å². The minimum atomic E-state index is -4.36. The van der Waals surface area contributed by atoms with Crippen LogP contribution in [0.5, 0.6) is 5.75 Å². The average molecular weight is 335 g/mol. The predicted molar refractivity (Wildman–Crippen MR) is 85.3 cm³/mol. The van der Waals surface area contributed by atoms with Crippen LogP contribution < -0.4 is 10.1 Å². The molecule has 0 spiro atoms. The van der Waals surface area contributed by atoms with E-state index in [-0.39, 0.29) is 5.91 Å². The van der Waals surface area contributed by atoms with Crippen LogP contribution in [0.4, 0.5) is 13.2 Å². The molecule has 3 nitrogen and oxygen atoms in total. The van der Waals surface area contributed by atoms with Gasteiger partial charge in [-0.05, 0) is 41.5 Å². The first kappa shape index (κ1) is 17.6. The van der Waals surface area contributed by atoms with Gasteiger partial charge in [-0.25, -0.2) is 0 Å². The van der Waals surface area contributed by atoms with Crippen LogP contribution in [0.1, 0.15) is 16.7 Å². The van der Waals surface area contributed by atoms with Crippen molar-refractivity contribution in [3.8, 4) is 5.75 Å². The predicted octanol–water partition coefficient (Wildman–Crippen LogP) is 4.04. The summed E-state index contributed by atoms with van der Waals surface area (Å²) in [7, 11) is 1.57. The molecule has 0 fully saturated rings. The average Bonchev–Trinajstić information content (AvgIpc) is 2.58. The van der Waals surface area contributed by atoms with Crippen LogP contribution in [-0.2, 0) is 17.5 Å². The van der Waals surface area contributed by atoms with Crippen molar-refractivity contribution in [1.29, 1.82) is 0 Å². The number of rotatable bonds is 5. The molecule has 2 rings (SSSR count). The van der Waals surface area contributed by atoms with E-state index >= 15 is 0 Å². The van der Waals surface area contributed by atoms with Crippen molar-refractivity contribution in [2.45, 2.75) is 12.7 Å². The van der Waals surface area contributed by atoms with Crippen molar-refractivity contribution in [3.63, 3.8) is 0 Å². The van der Waals surface area contributed by atoms with Gasteiger partial charge in [0, 0.05) is 12.6 Å². The fraction of sp³-hybridized carbons (Fsp3) is 0.167. The van der Waals surface area contributed by atoms with E-state index in [0.717, 1.165) is 23.4 Å². The number of nitrogens with one attached hydrogen (secondary N) is 1. The zero-order valence-corrected chi connectivity index (χ0v) is 12.9. The maximum atomic E-state index is 12.5. The molecule has 0 atom stereocenters. The standard InChI is InChI=1S/C18H16F3NO2/c1-24-16-9-4-14(5-10-16)12-22-17(23)11-6-13-2-7-15(8-3-13)18(19,20)21/h2-11H,12H2,1H3,(H,22,23)/b11-6+. The van der Waals surface area contributed by atoms with Crippen molar-refractivity contribution in [2.75, 3.05) is 7.11 Å². The van der Waals surface area contributed by atoms with Crippen LogP contribution in [0, 0.1) is 0 Å². The van der Waals surface area contributed by atoms with E-state index in [4.69, 9.17) is 4.74 Å². The van der Waals surface area contributed by atoms with Crippen molar-refractivity contribution in [2.24, 2.45) is 0 Å². The lowest BCUT2D eigenvalue weighted by Gasteiger charge is -2.06. The quantitative estimate of drug-likeness (QED) is 0.838. The third-order valence-corrected chi connectivity index (χ3v) is 3.29. The smallest absolute Gasteiger partial charge is 0.416 e. The molecule has 0 aromatic heterocycles. The van der Waals surface area contributed by atoms with Gasteiger partial charge in [-0.2, -0.15) is 13.2 Å². The molecule has 0 bridgehead atoms. The molecule has 1 amide bonds. The van der Waals surface area contributed by atoms with E-state index < -0.39 is 11.7 Å². The molecule has 2 aromatic carbocycles. The van der Waals surface area contributed by atoms with Crippen LogP contribution >= 0.6 is 0 Å². The Morgan fingerprint density at radius 1 is 1.08 bits per heavy atom. The Morgan fingerprint density at radius 2 is 1.71 bits per heavy atom. The molecule has 0 heterocycles. The highest BCUT2D eigenvalue weighted by atomic mass is 19.4. The van der Waals surface area contributed by atoms with Crippen molar-refractivity contribution >= 4 is 12.0 Å². The van der Waals surface area contributed by atoms with E-state index in [0.29, 0.717) is 12.1 Å². The molecular formula is C18H16F3NO2. The summed E-state index contributed by atoms with van der Waals surface area (Å²) in [6, 6.07) is 11.8. The molecular weight excluding hydrogens is 319 g/mol. The molecule has 24 heavy (non-hydrogen) atoms. The summed E-state index contributed by atoms with van der Waals surface area (Å²) in [6.07, 6.45) is -1.62. The number of alkyl halides is 3. The zero-order chi connectivity index (χ0) is 17.6. The monoisotopic (exact) mass is 335 g/mol. The normalized spacial score (nSPS) is 11.5. The molecule has 0 saturated carbocycles. The van der Waals surface area contributed by atoms with Gasteiger partial charge >= 0.3 is 6.18 Å². The van der Waals surface area contributed by atoms with Gasteiger partial charge in [0.2, 0.25) is 5.91 Å². The third kappa shape index (κ3) is 5.15. The molecule has 6 heteroatoms. The van der Waals surface area contributed by atoms with Crippen LogP contribution in [0.25, 0.3) is 6.08 Å². The zero-order valence-electron chi connectivity index (χ0n) is 12.9. The van der Waals surface area contributed by atoms with E-state index in [9.17, 15) is 18.0 Å². The summed E-state index contributed by atoms with van der Waals surface area (Å²) in [5, 5.41) is 2.70. The second-order valence-corrected chi connectivity index (χ2v) is 5.02. The molecule has 126 valence electrons. The van der Waals surface area contributed by atoms with E-state index in [2.05, 4.69) is 5.32 Å². The van der Waals surface area contributed by atoms with Gasteiger partial charge in [0.25, 0.3) is 0 Å².